The first-order chi connectivity index (χ1) is 10.5. The summed E-state index contributed by atoms with van der Waals surface area (Å²) in [6.07, 6.45) is 1.56. The summed E-state index contributed by atoms with van der Waals surface area (Å²) in [6, 6.07) is 5.62. The quantitative estimate of drug-likeness (QED) is 0.848. The van der Waals surface area contributed by atoms with Crippen LogP contribution in [0.1, 0.15) is 30.8 Å². The zero-order valence-electron chi connectivity index (χ0n) is 12.5. The van der Waals surface area contributed by atoms with Crippen LogP contribution in [0, 0.1) is 11.7 Å². The number of hydrogen-bond acceptors (Lipinski definition) is 4. The Balaban J connectivity index is 1.99. The van der Waals surface area contributed by atoms with Gasteiger partial charge in [0.15, 0.2) is 5.69 Å². The number of halogens is 1. The third-order valence-corrected chi connectivity index (χ3v) is 3.55. The predicted molar refractivity (Wildman–Crippen MR) is 79.1 cm³/mol. The van der Waals surface area contributed by atoms with Crippen LogP contribution in [0.5, 0.6) is 0 Å². The lowest BCUT2D eigenvalue weighted by atomic mass is 10.0. The molecule has 0 radical (unpaired) electrons. The Bertz CT molecular complexity index is 627. The highest BCUT2D eigenvalue weighted by atomic mass is 19.1. The Labute approximate surface area is 128 Å². The molecule has 7 heteroatoms. The van der Waals surface area contributed by atoms with Gasteiger partial charge in [-0.05, 0) is 30.2 Å². The average Bonchev–Trinajstić information content (AvgIpc) is 3.02. The van der Waals surface area contributed by atoms with Gasteiger partial charge in [0.1, 0.15) is 5.82 Å². The molecule has 0 bridgehead atoms. The van der Waals surface area contributed by atoms with Gasteiger partial charge in [-0.3, -0.25) is 4.79 Å². The van der Waals surface area contributed by atoms with Gasteiger partial charge in [-0.1, -0.05) is 20.3 Å². The van der Waals surface area contributed by atoms with Gasteiger partial charge in [0.05, 0.1) is 18.0 Å². The first-order valence-electron chi connectivity index (χ1n) is 7.15. The molecule has 1 aromatic heterocycles. The molecule has 22 heavy (non-hydrogen) atoms. The van der Waals surface area contributed by atoms with Crippen molar-refractivity contribution < 1.29 is 14.3 Å². The number of nitrogens with zero attached hydrogens (tertiary/aromatic N) is 3. The molecule has 0 saturated carbocycles. The minimum absolute atomic E-state index is 0.107. The Morgan fingerprint density at radius 3 is 2.73 bits per heavy atom. The van der Waals surface area contributed by atoms with E-state index in [1.807, 2.05) is 13.8 Å². The smallest absolute Gasteiger partial charge is 0.273 e. The van der Waals surface area contributed by atoms with Crippen LogP contribution in [0.3, 0.4) is 0 Å². The van der Waals surface area contributed by atoms with Crippen molar-refractivity contribution in [3.8, 4) is 5.69 Å². The number of carbonyl (C=O) groups excluding carboxylic acids is 1. The first-order valence-corrected chi connectivity index (χ1v) is 7.15. The van der Waals surface area contributed by atoms with Gasteiger partial charge in [-0.25, -0.2) is 4.39 Å². The van der Waals surface area contributed by atoms with Crippen LogP contribution >= 0.6 is 0 Å². The highest BCUT2D eigenvalue weighted by molar-refractivity contribution is 5.91. The van der Waals surface area contributed by atoms with Crippen LogP contribution < -0.4 is 5.32 Å². The van der Waals surface area contributed by atoms with E-state index >= 15 is 0 Å². The summed E-state index contributed by atoms with van der Waals surface area (Å²) in [4.78, 5) is 13.2. The molecule has 1 aromatic carbocycles. The molecule has 1 heterocycles. The van der Waals surface area contributed by atoms with Crippen LogP contribution in [0.2, 0.25) is 0 Å². The summed E-state index contributed by atoms with van der Waals surface area (Å²) >= 11 is 0. The number of nitrogens with one attached hydrogen (secondary N) is 1. The standard InChI is InChI=1S/C15H19FN4O2/c1-3-10(2)14(21)9-17-15(22)13-8-18-20(19-13)12-6-4-11(16)5-7-12/h4-8,10,14,21H,3,9H2,1-2H3,(H,17,22). The lowest BCUT2D eigenvalue weighted by molar-refractivity contribution is 0.0845. The van der Waals surface area contributed by atoms with Crippen molar-refractivity contribution >= 4 is 5.91 Å². The van der Waals surface area contributed by atoms with Crippen molar-refractivity contribution in [3.05, 3.63) is 42.0 Å². The summed E-state index contributed by atoms with van der Waals surface area (Å²) in [6.45, 7) is 4.06. The van der Waals surface area contributed by atoms with Gasteiger partial charge < -0.3 is 10.4 Å². The number of amides is 1. The average molecular weight is 306 g/mol. The molecular formula is C15H19FN4O2. The molecule has 0 fully saturated rings. The van der Waals surface area contributed by atoms with Gasteiger partial charge >= 0.3 is 0 Å². The Kier molecular flexibility index (Phi) is 5.21. The van der Waals surface area contributed by atoms with Crippen LogP contribution in [0.4, 0.5) is 4.39 Å². The third-order valence-electron chi connectivity index (χ3n) is 3.55. The zero-order chi connectivity index (χ0) is 16.1. The summed E-state index contributed by atoms with van der Waals surface area (Å²) in [7, 11) is 0. The maximum atomic E-state index is 12.9. The van der Waals surface area contributed by atoms with E-state index in [1.165, 1.54) is 35.3 Å². The zero-order valence-corrected chi connectivity index (χ0v) is 12.5. The molecule has 118 valence electrons. The van der Waals surface area contributed by atoms with Crippen LogP contribution in [0.15, 0.2) is 30.5 Å². The summed E-state index contributed by atoms with van der Waals surface area (Å²) in [5.41, 5.74) is 0.695. The van der Waals surface area contributed by atoms with E-state index in [1.54, 1.807) is 0 Å². The van der Waals surface area contributed by atoms with E-state index in [2.05, 4.69) is 15.5 Å². The van der Waals surface area contributed by atoms with Gasteiger partial charge in [-0.2, -0.15) is 9.90 Å². The van der Waals surface area contributed by atoms with E-state index in [-0.39, 0.29) is 24.0 Å². The molecule has 2 unspecified atom stereocenters. The molecule has 0 spiro atoms. The maximum absolute atomic E-state index is 12.9. The Morgan fingerprint density at radius 1 is 1.41 bits per heavy atom. The lowest BCUT2D eigenvalue weighted by Crippen LogP contribution is -2.35. The van der Waals surface area contributed by atoms with Crippen LogP contribution in [-0.4, -0.2) is 38.7 Å². The van der Waals surface area contributed by atoms with Crippen LogP contribution in [-0.2, 0) is 0 Å². The number of aliphatic hydroxyl groups is 1. The highest BCUT2D eigenvalue weighted by Crippen LogP contribution is 2.08. The number of rotatable bonds is 6. The summed E-state index contributed by atoms with van der Waals surface area (Å²) < 4.78 is 12.9. The fourth-order valence-corrected chi connectivity index (χ4v) is 1.83. The molecule has 0 saturated heterocycles. The summed E-state index contributed by atoms with van der Waals surface area (Å²) in [5, 5.41) is 20.5. The number of aromatic nitrogens is 3. The summed E-state index contributed by atoms with van der Waals surface area (Å²) in [5.74, 6) is -0.654. The predicted octanol–water partition coefficient (Wildman–Crippen LogP) is 1.54. The second-order valence-electron chi connectivity index (χ2n) is 5.16. The minimum atomic E-state index is -0.596. The largest absolute Gasteiger partial charge is 0.391 e. The second kappa shape index (κ2) is 7.13. The lowest BCUT2D eigenvalue weighted by Gasteiger charge is -2.16. The van der Waals surface area contributed by atoms with E-state index in [9.17, 15) is 14.3 Å². The topological polar surface area (TPSA) is 80.0 Å². The van der Waals surface area contributed by atoms with Crippen molar-refractivity contribution in [3.63, 3.8) is 0 Å². The number of carbonyl (C=O) groups is 1. The fourth-order valence-electron chi connectivity index (χ4n) is 1.83. The van der Waals surface area contributed by atoms with Crippen molar-refractivity contribution in [2.45, 2.75) is 26.4 Å². The van der Waals surface area contributed by atoms with Crippen molar-refractivity contribution in [2.24, 2.45) is 5.92 Å². The van der Waals surface area contributed by atoms with Gasteiger partial charge in [0, 0.05) is 6.54 Å². The molecule has 2 rings (SSSR count). The van der Waals surface area contributed by atoms with E-state index in [0.29, 0.717) is 5.69 Å². The number of benzene rings is 1. The first kappa shape index (κ1) is 16.1. The molecule has 0 aliphatic rings. The van der Waals surface area contributed by atoms with E-state index in [4.69, 9.17) is 0 Å². The number of hydrogen-bond donors (Lipinski definition) is 2. The molecule has 2 aromatic rings. The second-order valence-corrected chi connectivity index (χ2v) is 5.16. The molecule has 0 aliphatic heterocycles. The van der Waals surface area contributed by atoms with E-state index < -0.39 is 12.0 Å². The highest BCUT2D eigenvalue weighted by Gasteiger charge is 2.16. The SMILES string of the molecule is CCC(C)C(O)CNC(=O)c1cnn(-c2ccc(F)cc2)n1. The van der Waals surface area contributed by atoms with Gasteiger partial charge in [0.25, 0.3) is 5.91 Å². The molecule has 2 atom stereocenters. The molecule has 0 aliphatic carbocycles. The van der Waals surface area contributed by atoms with Gasteiger partial charge in [-0.15, -0.1) is 5.10 Å². The van der Waals surface area contributed by atoms with Crippen LogP contribution in [0.25, 0.3) is 5.69 Å². The Hall–Kier alpha value is -2.28. The van der Waals surface area contributed by atoms with Gasteiger partial charge in [0.2, 0.25) is 0 Å². The minimum Gasteiger partial charge on any atom is -0.391 e. The molecule has 2 N–H and O–H groups in total. The van der Waals surface area contributed by atoms with Crippen molar-refractivity contribution in [2.75, 3.05) is 6.54 Å². The number of aliphatic hydroxyl groups excluding tert-OH is 1. The monoisotopic (exact) mass is 306 g/mol. The third kappa shape index (κ3) is 3.88. The molecular weight excluding hydrogens is 287 g/mol. The molecule has 1 amide bonds. The van der Waals surface area contributed by atoms with Crippen molar-refractivity contribution in [1.29, 1.82) is 0 Å². The molecule has 6 nitrogen and oxygen atoms in total. The van der Waals surface area contributed by atoms with Crippen molar-refractivity contribution in [1.82, 2.24) is 20.3 Å². The normalized spacial score (nSPS) is 13.6. The maximum Gasteiger partial charge on any atom is 0.273 e. The Morgan fingerprint density at radius 2 is 2.09 bits per heavy atom. The fraction of sp³-hybridized carbons (Fsp3) is 0.400. The van der Waals surface area contributed by atoms with E-state index in [0.717, 1.165) is 6.42 Å².